The van der Waals surface area contributed by atoms with Gasteiger partial charge in [0.15, 0.2) is 0 Å². The summed E-state index contributed by atoms with van der Waals surface area (Å²) < 4.78 is 26.6. The number of hydrogen-bond acceptors (Lipinski definition) is 8. The van der Waals surface area contributed by atoms with Crippen molar-refractivity contribution < 1.29 is 13.9 Å². The van der Waals surface area contributed by atoms with Gasteiger partial charge < -0.3 is 19.7 Å². The first-order valence-electron chi connectivity index (χ1n) is 13.4. The lowest BCUT2D eigenvalue weighted by atomic mass is 9.95. The molecule has 0 saturated carbocycles. The maximum Gasteiger partial charge on any atom is 0.142 e. The van der Waals surface area contributed by atoms with E-state index in [1.165, 1.54) is 28.1 Å². The number of likely N-dealkylation sites (N-methyl/N-ethyl adjacent to an activating group) is 1. The molecule has 3 heterocycles. The number of benzene rings is 2. The lowest BCUT2D eigenvalue weighted by Gasteiger charge is -2.15. The Morgan fingerprint density at radius 1 is 1.15 bits per heavy atom. The number of nitrogens with zero attached hydrogens (tertiary/aromatic N) is 5. The number of ether oxygens (including phenoxy) is 2. The summed E-state index contributed by atoms with van der Waals surface area (Å²) in [6.07, 6.45) is 5.50. The highest BCUT2D eigenvalue weighted by atomic mass is 35.5. The van der Waals surface area contributed by atoms with E-state index in [9.17, 15) is 4.39 Å². The van der Waals surface area contributed by atoms with Gasteiger partial charge in [-0.05, 0) is 61.3 Å². The zero-order valence-corrected chi connectivity index (χ0v) is 24.4. The summed E-state index contributed by atoms with van der Waals surface area (Å²) in [6.45, 7) is 3.56. The van der Waals surface area contributed by atoms with Crippen LogP contribution in [-0.2, 0) is 30.7 Å². The van der Waals surface area contributed by atoms with Crippen molar-refractivity contribution in [2.45, 2.75) is 26.0 Å². The highest BCUT2D eigenvalue weighted by Gasteiger charge is 2.26. The van der Waals surface area contributed by atoms with E-state index in [1.807, 2.05) is 12.1 Å². The molecular weight excluding hydrogens is 563 g/mol. The first kappa shape index (κ1) is 27.6. The fraction of sp³-hybridized carbons (Fsp3) is 0.300. The number of aromatic nitrogens is 4. The summed E-state index contributed by atoms with van der Waals surface area (Å²) in [5, 5.41) is 9.82. The van der Waals surface area contributed by atoms with Gasteiger partial charge in [-0.2, -0.15) is 5.10 Å². The molecule has 0 atom stereocenters. The van der Waals surface area contributed by atoms with Crippen molar-refractivity contribution in [3.05, 3.63) is 82.6 Å². The number of halogens is 2. The molecule has 2 aromatic carbocycles. The van der Waals surface area contributed by atoms with Crippen LogP contribution < -0.4 is 10.1 Å². The van der Waals surface area contributed by atoms with Gasteiger partial charge in [0.25, 0.3) is 0 Å². The molecule has 1 aliphatic carbocycles. The van der Waals surface area contributed by atoms with Crippen molar-refractivity contribution in [3.63, 3.8) is 0 Å². The molecule has 5 aromatic rings. The first-order valence-corrected chi connectivity index (χ1v) is 14.6. The van der Waals surface area contributed by atoms with Crippen LogP contribution in [0, 0.1) is 5.82 Å². The Morgan fingerprint density at radius 2 is 2.05 bits per heavy atom. The molecule has 0 amide bonds. The van der Waals surface area contributed by atoms with Gasteiger partial charge in [-0.1, -0.05) is 23.7 Å². The summed E-state index contributed by atoms with van der Waals surface area (Å²) >= 11 is 8.23. The van der Waals surface area contributed by atoms with E-state index in [0.717, 1.165) is 72.1 Å². The van der Waals surface area contributed by atoms with Crippen molar-refractivity contribution in [1.29, 1.82) is 0 Å². The number of rotatable bonds is 11. The minimum atomic E-state index is -0.296. The summed E-state index contributed by atoms with van der Waals surface area (Å²) in [5.74, 6) is 0.972. The van der Waals surface area contributed by atoms with Gasteiger partial charge in [-0.3, -0.25) is 4.68 Å². The van der Waals surface area contributed by atoms with Gasteiger partial charge >= 0.3 is 0 Å². The largest absolute Gasteiger partial charge is 0.487 e. The van der Waals surface area contributed by atoms with Gasteiger partial charge in [0.1, 0.15) is 35.1 Å². The number of hydrogen-bond donors (Lipinski definition) is 1. The fourth-order valence-corrected chi connectivity index (χ4v) is 6.45. The molecule has 3 aromatic heterocycles. The van der Waals surface area contributed by atoms with Crippen molar-refractivity contribution >= 4 is 44.7 Å². The molecule has 0 unspecified atom stereocenters. The van der Waals surface area contributed by atoms with Crippen molar-refractivity contribution in [2.24, 2.45) is 0 Å². The average molecular weight is 593 g/mol. The highest BCUT2D eigenvalue weighted by molar-refractivity contribution is 7.22. The Kier molecular flexibility index (Phi) is 8.16. The molecule has 8 nitrogen and oxygen atoms in total. The van der Waals surface area contributed by atoms with E-state index in [2.05, 4.69) is 38.1 Å². The molecule has 0 radical (unpaired) electrons. The number of methoxy groups -OCH3 is 1. The number of anilines is 2. The van der Waals surface area contributed by atoms with Gasteiger partial charge in [0.2, 0.25) is 0 Å². The molecule has 0 bridgehead atoms. The predicted molar refractivity (Wildman–Crippen MR) is 161 cm³/mol. The van der Waals surface area contributed by atoms with Crippen LogP contribution in [0.3, 0.4) is 0 Å². The molecule has 1 aliphatic rings. The first-order chi connectivity index (χ1) is 20.0. The Labute approximate surface area is 246 Å². The second-order valence-electron chi connectivity index (χ2n) is 10.0. The topological polar surface area (TPSA) is 77.3 Å². The van der Waals surface area contributed by atoms with Crippen LogP contribution in [0.1, 0.15) is 16.8 Å². The molecule has 0 saturated heterocycles. The van der Waals surface area contributed by atoms with Crippen LogP contribution in [0.15, 0.2) is 55.0 Å². The van der Waals surface area contributed by atoms with Crippen molar-refractivity contribution in [2.75, 3.05) is 39.2 Å². The predicted octanol–water partition coefficient (Wildman–Crippen LogP) is 6.35. The number of nitrogens with one attached hydrogen (secondary N) is 1. The number of aryl methyl sites for hydroxylation is 2. The van der Waals surface area contributed by atoms with E-state index >= 15 is 0 Å². The fourth-order valence-electron chi connectivity index (χ4n) is 4.99. The van der Waals surface area contributed by atoms with E-state index < -0.39 is 0 Å². The number of fused-ring (bicyclic) bond motifs is 5. The summed E-state index contributed by atoms with van der Waals surface area (Å²) in [7, 11) is 3.82. The zero-order valence-electron chi connectivity index (χ0n) is 22.9. The third-order valence-electron chi connectivity index (χ3n) is 7.15. The molecule has 0 fully saturated rings. The Bertz CT molecular complexity index is 1690. The molecule has 1 N–H and O–H groups in total. The second-order valence-corrected chi connectivity index (χ2v) is 11.5. The van der Waals surface area contributed by atoms with Crippen LogP contribution in [0.4, 0.5) is 15.9 Å². The maximum atomic E-state index is 13.5. The van der Waals surface area contributed by atoms with Crippen molar-refractivity contribution in [1.82, 2.24) is 24.6 Å². The van der Waals surface area contributed by atoms with Crippen LogP contribution in [0.2, 0.25) is 5.02 Å². The average Bonchev–Trinajstić information content (AvgIpc) is 3.56. The van der Waals surface area contributed by atoms with E-state index in [0.29, 0.717) is 10.8 Å². The van der Waals surface area contributed by atoms with E-state index in [1.54, 1.807) is 43.0 Å². The maximum absolute atomic E-state index is 13.5. The summed E-state index contributed by atoms with van der Waals surface area (Å²) in [5.41, 5.74) is 5.08. The molecule has 11 heteroatoms. The minimum absolute atomic E-state index is 0.223. The molecule has 6 rings (SSSR count). The quantitative estimate of drug-likeness (QED) is 0.192. The van der Waals surface area contributed by atoms with Gasteiger partial charge in [0, 0.05) is 42.5 Å². The van der Waals surface area contributed by atoms with Crippen LogP contribution >= 0.6 is 22.9 Å². The van der Waals surface area contributed by atoms with Crippen LogP contribution in [0.5, 0.6) is 5.75 Å². The molecule has 41 heavy (non-hydrogen) atoms. The smallest absolute Gasteiger partial charge is 0.142 e. The normalized spacial score (nSPS) is 12.5. The summed E-state index contributed by atoms with van der Waals surface area (Å²) in [4.78, 5) is 13.6. The monoisotopic (exact) mass is 592 g/mol. The molecule has 0 aliphatic heterocycles. The third kappa shape index (κ3) is 6.06. The third-order valence-corrected chi connectivity index (χ3v) is 8.62. The SMILES string of the molecule is COCCN(C)CCn1cc2c(n1)CCc1c-2sc2ncnc(Nc3ccc(OCc4cccc(F)c4)c(Cl)c3)c12. The Balaban J connectivity index is 1.20. The van der Waals surface area contributed by atoms with Gasteiger partial charge in [0.05, 0.1) is 29.3 Å². The zero-order chi connectivity index (χ0) is 28.3. The lowest BCUT2D eigenvalue weighted by Crippen LogP contribution is -2.26. The van der Waals surface area contributed by atoms with E-state index in [4.69, 9.17) is 26.2 Å². The molecule has 0 spiro atoms. The Hall–Kier alpha value is -3.57. The minimum Gasteiger partial charge on any atom is -0.487 e. The van der Waals surface area contributed by atoms with Crippen molar-refractivity contribution in [3.8, 4) is 16.2 Å². The van der Waals surface area contributed by atoms with E-state index in [-0.39, 0.29) is 12.4 Å². The standard InChI is InChI=1S/C30H30ClFN6O2S/c1-37(12-13-39-2)10-11-38-16-23-25(36-38)8-7-22-27-29(33-18-34-30(27)41-28(22)23)35-21-6-9-26(24(31)15-21)40-17-19-4-3-5-20(32)14-19/h3-6,9,14-16,18H,7-8,10-13,17H2,1-2H3,(H,33,34,35). The van der Waals surface area contributed by atoms with Gasteiger partial charge in [-0.15, -0.1) is 11.3 Å². The molecular formula is C30H30ClFN6O2S. The molecule has 212 valence electrons. The lowest BCUT2D eigenvalue weighted by molar-refractivity contribution is 0.158. The Morgan fingerprint density at radius 3 is 2.88 bits per heavy atom. The van der Waals surface area contributed by atoms with Gasteiger partial charge in [-0.25, -0.2) is 14.4 Å². The second kappa shape index (κ2) is 12.1. The van der Waals surface area contributed by atoms with Crippen LogP contribution in [0.25, 0.3) is 20.7 Å². The number of thiophene rings is 1. The van der Waals surface area contributed by atoms with Crippen LogP contribution in [-0.4, -0.2) is 58.5 Å². The highest BCUT2D eigenvalue weighted by Crippen LogP contribution is 2.45. The summed E-state index contributed by atoms with van der Waals surface area (Å²) in [6, 6.07) is 11.8.